The second kappa shape index (κ2) is 16.2. The largest absolute Gasteiger partial charge is 0.494 e. The number of aryl methyl sites for hydroxylation is 1. The minimum atomic E-state index is -2.78. The standard InChI is InChI=1S/C40H44BrFN9O4P/c1-23-18-32(47-40-45-21-28(41)38(49-40)46-31-10-9-30-36(44-15-14-43-30)37(31)56(4,5)54)34(55-3)20-33(23)51-16-12-25(13-17-51)50(2)22-24-6-7-26(29(42)19-24)27-8-11-35(52)48-39(27)53/h6-7,9-10,14-15,18-21,25,27H,8,11-13,16-17,22H2,1-5H3,(H,48,52,53)(H2,45,46,47,49). The second-order valence-electron chi connectivity index (χ2n) is 14.7. The van der Waals surface area contributed by atoms with Gasteiger partial charge in [0.2, 0.25) is 17.8 Å². The van der Waals surface area contributed by atoms with Crippen LogP contribution in [0.25, 0.3) is 11.0 Å². The summed E-state index contributed by atoms with van der Waals surface area (Å²) in [5.74, 6) is -0.348. The van der Waals surface area contributed by atoms with Gasteiger partial charge in [-0.25, -0.2) is 9.37 Å². The number of aromatic nitrogens is 4. The highest BCUT2D eigenvalue weighted by Crippen LogP contribution is 2.42. The van der Waals surface area contributed by atoms with E-state index in [0.717, 1.165) is 42.7 Å². The average molecular weight is 845 g/mol. The minimum Gasteiger partial charge on any atom is -0.494 e. The summed E-state index contributed by atoms with van der Waals surface area (Å²) in [7, 11) is 0.918. The zero-order valence-electron chi connectivity index (χ0n) is 31.9. The van der Waals surface area contributed by atoms with Crippen LogP contribution in [0.1, 0.15) is 48.3 Å². The summed E-state index contributed by atoms with van der Waals surface area (Å²) < 4.78 is 35.1. The molecule has 56 heavy (non-hydrogen) atoms. The van der Waals surface area contributed by atoms with Crippen LogP contribution in [-0.2, 0) is 20.7 Å². The zero-order valence-corrected chi connectivity index (χ0v) is 34.4. The first-order valence-corrected chi connectivity index (χ1v) is 21.8. The summed E-state index contributed by atoms with van der Waals surface area (Å²) in [4.78, 5) is 46.6. The summed E-state index contributed by atoms with van der Waals surface area (Å²) in [6.45, 7) is 7.74. The van der Waals surface area contributed by atoms with Gasteiger partial charge in [-0.1, -0.05) is 12.1 Å². The van der Waals surface area contributed by atoms with E-state index in [2.05, 4.69) is 70.6 Å². The summed E-state index contributed by atoms with van der Waals surface area (Å²) >= 11 is 3.56. The Bertz CT molecular complexity index is 2370. The highest BCUT2D eigenvalue weighted by molar-refractivity contribution is 9.10. The number of carbonyl (C=O) groups is 2. The van der Waals surface area contributed by atoms with Crippen molar-refractivity contribution in [1.29, 1.82) is 0 Å². The lowest BCUT2D eigenvalue weighted by Gasteiger charge is -2.38. The molecule has 0 bridgehead atoms. The van der Waals surface area contributed by atoms with E-state index in [9.17, 15) is 14.2 Å². The number of amides is 2. The Hall–Kier alpha value is -4.98. The number of hydrogen-bond acceptors (Lipinski definition) is 12. The third-order valence-corrected chi connectivity index (χ3v) is 12.6. The van der Waals surface area contributed by atoms with Crippen molar-refractivity contribution in [2.45, 2.75) is 51.1 Å². The Kier molecular flexibility index (Phi) is 11.4. The van der Waals surface area contributed by atoms with Gasteiger partial charge in [0.25, 0.3) is 0 Å². The molecule has 0 aliphatic carbocycles. The molecule has 5 aromatic rings. The van der Waals surface area contributed by atoms with Gasteiger partial charge < -0.3 is 24.8 Å². The van der Waals surface area contributed by atoms with Gasteiger partial charge in [0.15, 0.2) is 0 Å². The maximum atomic E-state index is 15.2. The molecule has 0 radical (unpaired) electrons. The number of carbonyl (C=O) groups excluding carboxylic acids is 2. The third kappa shape index (κ3) is 8.40. The molecule has 1 unspecified atom stereocenters. The van der Waals surface area contributed by atoms with E-state index < -0.39 is 24.8 Å². The van der Waals surface area contributed by atoms with Crippen molar-refractivity contribution in [3.05, 3.63) is 88.0 Å². The predicted molar refractivity (Wildman–Crippen MR) is 221 cm³/mol. The lowest BCUT2D eigenvalue weighted by atomic mass is 9.89. The van der Waals surface area contributed by atoms with E-state index >= 15 is 4.39 Å². The molecule has 13 nitrogen and oxygen atoms in total. The van der Waals surface area contributed by atoms with Crippen molar-refractivity contribution in [2.24, 2.45) is 0 Å². The number of hydrogen-bond donors (Lipinski definition) is 3. The van der Waals surface area contributed by atoms with E-state index in [1.165, 1.54) is 6.07 Å². The monoisotopic (exact) mass is 843 g/mol. The van der Waals surface area contributed by atoms with Crippen molar-refractivity contribution >= 4 is 80.1 Å². The fraction of sp³-hybridized carbons (Fsp3) is 0.350. The second-order valence-corrected chi connectivity index (χ2v) is 18.7. The van der Waals surface area contributed by atoms with Gasteiger partial charge in [-0.05, 0) is 97.9 Å². The predicted octanol–water partition coefficient (Wildman–Crippen LogP) is 6.99. The molecular weight excluding hydrogens is 800 g/mol. The molecule has 2 aliphatic rings. The Labute approximate surface area is 333 Å². The van der Waals surface area contributed by atoms with Crippen LogP contribution < -0.4 is 30.9 Å². The first-order chi connectivity index (χ1) is 26.8. The zero-order chi connectivity index (χ0) is 39.7. The minimum absolute atomic E-state index is 0.211. The van der Waals surface area contributed by atoms with E-state index in [1.54, 1.807) is 45.1 Å². The molecule has 3 aromatic carbocycles. The highest BCUT2D eigenvalue weighted by atomic mass is 79.9. The molecule has 2 aromatic heterocycles. The Balaban J connectivity index is 1.01. The number of fused-ring (bicyclic) bond motifs is 1. The molecule has 7 rings (SSSR count). The summed E-state index contributed by atoms with van der Waals surface area (Å²) in [6, 6.07) is 13.1. The van der Waals surface area contributed by atoms with Gasteiger partial charge in [-0.3, -0.25) is 29.8 Å². The lowest BCUT2D eigenvalue weighted by molar-refractivity contribution is -0.134. The van der Waals surface area contributed by atoms with Gasteiger partial charge in [-0.15, -0.1) is 0 Å². The van der Waals surface area contributed by atoms with Crippen LogP contribution in [0.3, 0.4) is 0 Å². The molecule has 292 valence electrons. The van der Waals surface area contributed by atoms with Crippen LogP contribution in [0.2, 0.25) is 0 Å². The van der Waals surface area contributed by atoms with Crippen molar-refractivity contribution in [1.82, 2.24) is 30.2 Å². The lowest BCUT2D eigenvalue weighted by Crippen LogP contribution is -2.43. The van der Waals surface area contributed by atoms with Crippen LogP contribution in [0.5, 0.6) is 5.75 Å². The van der Waals surface area contributed by atoms with Crippen molar-refractivity contribution in [3.8, 4) is 5.75 Å². The van der Waals surface area contributed by atoms with Crippen LogP contribution in [0.4, 0.5) is 33.2 Å². The third-order valence-electron chi connectivity index (χ3n) is 10.5. The number of halogens is 2. The maximum Gasteiger partial charge on any atom is 0.234 e. The number of rotatable bonds is 11. The van der Waals surface area contributed by atoms with Gasteiger partial charge in [0.05, 0.1) is 39.7 Å². The van der Waals surface area contributed by atoms with Gasteiger partial charge in [0, 0.05) is 68.0 Å². The number of nitrogens with zero attached hydrogens (tertiary/aromatic N) is 6. The molecule has 0 spiro atoms. The Morgan fingerprint density at radius 2 is 1.79 bits per heavy atom. The Morgan fingerprint density at radius 1 is 1.02 bits per heavy atom. The smallest absolute Gasteiger partial charge is 0.234 e. The summed E-state index contributed by atoms with van der Waals surface area (Å²) in [5, 5.41) is 9.58. The highest BCUT2D eigenvalue weighted by Gasteiger charge is 2.31. The molecule has 2 fully saturated rings. The molecule has 1 atom stereocenters. The maximum absolute atomic E-state index is 15.2. The van der Waals surface area contributed by atoms with Crippen molar-refractivity contribution in [2.75, 3.05) is 56.1 Å². The quantitative estimate of drug-likeness (QED) is 0.0928. The fourth-order valence-corrected chi connectivity index (χ4v) is 9.31. The number of methoxy groups -OCH3 is 1. The topological polar surface area (TPSA) is 155 Å². The first kappa shape index (κ1) is 39.3. The molecule has 4 heterocycles. The van der Waals surface area contributed by atoms with Crippen LogP contribution in [-0.4, -0.2) is 83.3 Å². The molecule has 2 saturated heterocycles. The van der Waals surface area contributed by atoms with Gasteiger partial charge in [-0.2, -0.15) is 4.98 Å². The van der Waals surface area contributed by atoms with Crippen LogP contribution >= 0.6 is 23.1 Å². The fourth-order valence-electron chi connectivity index (χ4n) is 7.62. The van der Waals surface area contributed by atoms with Gasteiger partial charge in [0.1, 0.15) is 30.0 Å². The average Bonchev–Trinajstić information content (AvgIpc) is 3.16. The van der Waals surface area contributed by atoms with Crippen LogP contribution in [0.15, 0.2) is 65.5 Å². The van der Waals surface area contributed by atoms with Crippen LogP contribution in [0, 0.1) is 12.7 Å². The first-order valence-electron chi connectivity index (χ1n) is 18.4. The van der Waals surface area contributed by atoms with Crippen molar-refractivity contribution in [3.63, 3.8) is 0 Å². The van der Waals surface area contributed by atoms with E-state index in [-0.39, 0.29) is 12.3 Å². The molecule has 2 amide bonds. The van der Waals surface area contributed by atoms with E-state index in [0.29, 0.717) is 74.3 Å². The summed E-state index contributed by atoms with van der Waals surface area (Å²) in [6.07, 6.45) is 7.24. The SMILES string of the molecule is COc1cc(N2CCC(N(C)Cc3ccc(C4CCC(=O)NC4=O)c(F)c3)CC2)c(C)cc1Nc1ncc(Br)c(Nc2ccc3nccnc3c2P(C)(C)=O)n1. The van der Waals surface area contributed by atoms with Crippen molar-refractivity contribution < 1.29 is 23.3 Å². The molecule has 0 saturated carbocycles. The van der Waals surface area contributed by atoms with E-state index in [4.69, 9.17) is 9.72 Å². The molecule has 16 heteroatoms. The molecule has 2 aliphatic heterocycles. The van der Waals surface area contributed by atoms with Gasteiger partial charge >= 0.3 is 0 Å². The number of benzene rings is 3. The number of imide groups is 1. The van der Waals surface area contributed by atoms with E-state index in [1.807, 2.05) is 30.3 Å². The number of piperidine rings is 2. The number of ether oxygens (including phenoxy) is 1. The number of anilines is 5. The molecular formula is C40H44BrFN9O4P. The number of nitrogens with one attached hydrogen (secondary N) is 3. The molecule has 3 N–H and O–H groups in total. The Morgan fingerprint density at radius 3 is 2.50 bits per heavy atom. The normalized spacial score (nSPS) is 16.6. The summed E-state index contributed by atoms with van der Waals surface area (Å²) in [5.41, 5.74) is 5.89.